The zero-order valence-corrected chi connectivity index (χ0v) is 15.2. The lowest BCUT2D eigenvalue weighted by Gasteiger charge is -1.98. The van der Waals surface area contributed by atoms with Crippen LogP contribution in [0.4, 0.5) is 5.13 Å². The highest BCUT2D eigenvalue weighted by Crippen LogP contribution is 2.28. The number of benzene rings is 1. The number of thiazole rings is 2. The van der Waals surface area contributed by atoms with Crippen molar-refractivity contribution >= 4 is 55.5 Å². The number of hydrogen-bond acceptors (Lipinski definition) is 6. The van der Waals surface area contributed by atoms with Crippen LogP contribution in [0.1, 0.15) is 5.69 Å². The van der Waals surface area contributed by atoms with E-state index in [-0.39, 0.29) is 12.3 Å². The van der Waals surface area contributed by atoms with Crippen LogP contribution in [0.3, 0.4) is 0 Å². The SMILES string of the molecule is O=C(Cc1csc(-c2cccnc2)n1)Nc1nc2ccc(Cl)cc2s1. The lowest BCUT2D eigenvalue weighted by molar-refractivity contribution is -0.115. The Bertz CT molecular complexity index is 1050. The lowest BCUT2D eigenvalue weighted by Crippen LogP contribution is -2.14. The minimum Gasteiger partial charge on any atom is -0.302 e. The van der Waals surface area contributed by atoms with Crippen molar-refractivity contribution in [2.45, 2.75) is 6.42 Å². The molecule has 0 bridgehead atoms. The zero-order valence-electron chi connectivity index (χ0n) is 12.8. The van der Waals surface area contributed by atoms with Crippen LogP contribution in [0.15, 0.2) is 48.1 Å². The van der Waals surface area contributed by atoms with Gasteiger partial charge >= 0.3 is 0 Å². The standard InChI is InChI=1S/C17H11ClN4OS2/c18-11-3-4-13-14(6-11)25-17(21-13)22-15(23)7-12-9-24-16(20-12)10-2-1-5-19-8-10/h1-6,8-9H,7H2,(H,21,22,23). The smallest absolute Gasteiger partial charge is 0.232 e. The Kier molecular flexibility index (Phi) is 4.44. The number of carbonyl (C=O) groups excluding carboxylic acids is 1. The Balaban J connectivity index is 1.46. The number of pyridine rings is 1. The third kappa shape index (κ3) is 3.68. The molecule has 0 fully saturated rings. The van der Waals surface area contributed by atoms with Crippen LogP contribution in [0, 0.1) is 0 Å². The van der Waals surface area contributed by atoms with Crippen LogP contribution in [0.2, 0.25) is 5.02 Å². The van der Waals surface area contributed by atoms with Crippen molar-refractivity contribution in [1.29, 1.82) is 0 Å². The molecule has 4 rings (SSSR count). The van der Waals surface area contributed by atoms with Crippen molar-refractivity contribution in [1.82, 2.24) is 15.0 Å². The molecule has 0 aliphatic heterocycles. The molecule has 8 heteroatoms. The van der Waals surface area contributed by atoms with Gasteiger partial charge in [-0.05, 0) is 30.3 Å². The van der Waals surface area contributed by atoms with E-state index in [1.54, 1.807) is 18.5 Å². The molecule has 1 aromatic carbocycles. The van der Waals surface area contributed by atoms with Crippen molar-refractivity contribution in [3.8, 4) is 10.6 Å². The van der Waals surface area contributed by atoms with E-state index in [2.05, 4.69) is 20.3 Å². The first-order chi connectivity index (χ1) is 12.2. The average molecular weight is 387 g/mol. The summed E-state index contributed by atoms with van der Waals surface area (Å²) in [7, 11) is 0. The molecule has 0 saturated carbocycles. The van der Waals surface area contributed by atoms with Crippen molar-refractivity contribution < 1.29 is 4.79 Å². The highest BCUT2D eigenvalue weighted by Gasteiger charge is 2.12. The van der Waals surface area contributed by atoms with Crippen LogP contribution >= 0.6 is 34.3 Å². The van der Waals surface area contributed by atoms with Crippen LogP contribution < -0.4 is 5.32 Å². The van der Waals surface area contributed by atoms with E-state index in [9.17, 15) is 4.79 Å². The van der Waals surface area contributed by atoms with Crippen LogP contribution in [0.25, 0.3) is 20.8 Å². The highest BCUT2D eigenvalue weighted by atomic mass is 35.5. The Morgan fingerprint density at radius 1 is 1.24 bits per heavy atom. The van der Waals surface area contributed by atoms with Gasteiger partial charge in [-0.15, -0.1) is 11.3 Å². The van der Waals surface area contributed by atoms with Crippen molar-refractivity contribution in [2.24, 2.45) is 0 Å². The van der Waals surface area contributed by atoms with Gasteiger partial charge in [0.1, 0.15) is 5.01 Å². The normalized spacial score (nSPS) is 10.9. The molecule has 0 aliphatic rings. The molecule has 0 spiro atoms. The predicted octanol–water partition coefficient (Wildman–Crippen LogP) is 4.65. The van der Waals surface area contributed by atoms with Gasteiger partial charge in [-0.2, -0.15) is 0 Å². The number of aromatic nitrogens is 3. The topological polar surface area (TPSA) is 67.8 Å². The second-order valence-electron chi connectivity index (χ2n) is 5.24. The Labute approximate surface area is 156 Å². The number of fused-ring (bicyclic) bond motifs is 1. The third-order valence-electron chi connectivity index (χ3n) is 3.40. The number of nitrogens with zero attached hydrogens (tertiary/aromatic N) is 3. The van der Waals surface area contributed by atoms with Crippen molar-refractivity contribution in [3.05, 3.63) is 58.8 Å². The maximum atomic E-state index is 12.3. The van der Waals surface area contributed by atoms with Crippen molar-refractivity contribution in [3.63, 3.8) is 0 Å². The minimum atomic E-state index is -0.145. The maximum Gasteiger partial charge on any atom is 0.232 e. The summed E-state index contributed by atoms with van der Waals surface area (Å²) in [6.07, 6.45) is 3.68. The third-order valence-corrected chi connectivity index (χ3v) is 5.51. The number of amides is 1. The fraction of sp³-hybridized carbons (Fsp3) is 0.0588. The molecular formula is C17H11ClN4OS2. The average Bonchev–Trinajstić information content (AvgIpc) is 3.21. The molecule has 1 amide bonds. The van der Waals surface area contributed by atoms with Gasteiger partial charge in [0.05, 0.1) is 22.3 Å². The predicted molar refractivity (Wildman–Crippen MR) is 102 cm³/mol. The molecule has 0 radical (unpaired) electrons. The van der Waals surface area contributed by atoms with Gasteiger partial charge in [0.25, 0.3) is 0 Å². The Hall–Kier alpha value is -2.35. The first-order valence-corrected chi connectivity index (χ1v) is 9.45. The summed E-state index contributed by atoms with van der Waals surface area (Å²) in [5.74, 6) is -0.145. The molecule has 124 valence electrons. The van der Waals surface area contributed by atoms with E-state index in [1.807, 2.05) is 29.6 Å². The molecule has 0 saturated heterocycles. The zero-order chi connectivity index (χ0) is 17.2. The highest BCUT2D eigenvalue weighted by molar-refractivity contribution is 7.22. The fourth-order valence-corrected chi connectivity index (χ4v) is 4.26. The number of carbonyl (C=O) groups is 1. The van der Waals surface area contributed by atoms with Gasteiger partial charge < -0.3 is 5.32 Å². The first kappa shape index (κ1) is 16.1. The van der Waals surface area contributed by atoms with E-state index in [0.717, 1.165) is 26.5 Å². The van der Waals surface area contributed by atoms with Crippen LogP contribution in [-0.4, -0.2) is 20.9 Å². The second-order valence-corrected chi connectivity index (χ2v) is 7.57. The van der Waals surface area contributed by atoms with E-state index in [4.69, 9.17) is 11.6 Å². The Morgan fingerprint density at radius 2 is 2.16 bits per heavy atom. The van der Waals surface area contributed by atoms with E-state index in [0.29, 0.717) is 10.2 Å². The number of halogens is 1. The van der Waals surface area contributed by atoms with Crippen molar-refractivity contribution in [2.75, 3.05) is 5.32 Å². The molecule has 3 aromatic heterocycles. The molecule has 0 atom stereocenters. The van der Waals surface area contributed by atoms with Gasteiger partial charge in [-0.25, -0.2) is 9.97 Å². The summed E-state index contributed by atoms with van der Waals surface area (Å²) in [5, 5.41) is 6.78. The van der Waals surface area contributed by atoms with Gasteiger partial charge in [-0.1, -0.05) is 22.9 Å². The molecule has 1 N–H and O–H groups in total. The van der Waals surface area contributed by atoms with E-state index < -0.39 is 0 Å². The molecule has 4 aromatic rings. The Morgan fingerprint density at radius 3 is 3.00 bits per heavy atom. The first-order valence-electron chi connectivity index (χ1n) is 7.38. The molecule has 25 heavy (non-hydrogen) atoms. The lowest BCUT2D eigenvalue weighted by atomic mass is 10.3. The molecule has 3 heterocycles. The summed E-state index contributed by atoms with van der Waals surface area (Å²) >= 11 is 8.87. The molecular weight excluding hydrogens is 376 g/mol. The summed E-state index contributed by atoms with van der Waals surface area (Å²) in [5.41, 5.74) is 2.49. The number of hydrogen-bond donors (Lipinski definition) is 1. The van der Waals surface area contributed by atoms with E-state index >= 15 is 0 Å². The summed E-state index contributed by atoms with van der Waals surface area (Å²) in [6, 6.07) is 9.27. The molecule has 0 unspecified atom stereocenters. The van der Waals surface area contributed by atoms with Gasteiger partial charge in [0, 0.05) is 28.4 Å². The number of anilines is 1. The van der Waals surface area contributed by atoms with Gasteiger partial charge in [0.2, 0.25) is 5.91 Å². The van der Waals surface area contributed by atoms with Crippen LogP contribution in [0.5, 0.6) is 0 Å². The van der Waals surface area contributed by atoms with Gasteiger partial charge in [0.15, 0.2) is 5.13 Å². The number of rotatable bonds is 4. The van der Waals surface area contributed by atoms with Gasteiger partial charge in [-0.3, -0.25) is 9.78 Å². The monoisotopic (exact) mass is 386 g/mol. The molecule has 0 aliphatic carbocycles. The van der Waals surface area contributed by atoms with E-state index in [1.165, 1.54) is 22.7 Å². The second kappa shape index (κ2) is 6.87. The minimum absolute atomic E-state index is 0.145. The summed E-state index contributed by atoms with van der Waals surface area (Å²) in [4.78, 5) is 25.2. The molecule has 5 nitrogen and oxygen atoms in total. The fourth-order valence-electron chi connectivity index (χ4n) is 2.29. The quantitative estimate of drug-likeness (QED) is 0.554. The maximum absolute atomic E-state index is 12.3. The van der Waals surface area contributed by atoms with Crippen LogP contribution in [-0.2, 0) is 11.2 Å². The summed E-state index contributed by atoms with van der Waals surface area (Å²) in [6.45, 7) is 0. The largest absolute Gasteiger partial charge is 0.302 e. The number of nitrogens with one attached hydrogen (secondary N) is 1. The summed E-state index contributed by atoms with van der Waals surface area (Å²) < 4.78 is 0.940.